The van der Waals surface area contributed by atoms with Crippen LogP contribution in [-0.4, -0.2) is 12.8 Å². The predicted octanol–water partition coefficient (Wildman–Crippen LogP) is 8.62. The average Bonchev–Trinajstić information content (AvgIpc) is 2.85. The van der Waals surface area contributed by atoms with Gasteiger partial charge in [-0.25, -0.2) is 0 Å². The van der Waals surface area contributed by atoms with Crippen molar-refractivity contribution in [3.63, 3.8) is 0 Å². The van der Waals surface area contributed by atoms with Gasteiger partial charge >= 0.3 is 0 Å². The van der Waals surface area contributed by atoms with Crippen molar-refractivity contribution < 1.29 is 14.2 Å². The largest absolute Gasteiger partial charge is 0.490 e. The van der Waals surface area contributed by atoms with Gasteiger partial charge in [-0.2, -0.15) is 0 Å². The zero-order chi connectivity index (χ0) is 23.8. The highest BCUT2D eigenvalue weighted by atomic mass is 79.9. The molecule has 4 rings (SSSR count). The summed E-state index contributed by atoms with van der Waals surface area (Å²) in [4.78, 5) is 4.59. The van der Waals surface area contributed by atoms with E-state index in [0.29, 0.717) is 29.7 Å². The number of hydrogen-bond acceptors (Lipinski definition) is 4. The molecular weight excluding hydrogens is 514 g/mol. The summed E-state index contributed by atoms with van der Waals surface area (Å²) in [6.45, 7) is 2.87. The Morgan fingerprint density at radius 2 is 1.56 bits per heavy atom. The molecule has 0 aliphatic rings. The van der Waals surface area contributed by atoms with Crippen molar-refractivity contribution in [2.24, 2.45) is 4.99 Å². The van der Waals surface area contributed by atoms with Gasteiger partial charge in [-0.1, -0.05) is 41.9 Å². The molecule has 0 amide bonds. The third-order valence-corrected chi connectivity index (χ3v) is 5.65. The maximum atomic E-state index is 6.05. The normalized spacial score (nSPS) is 10.9. The third kappa shape index (κ3) is 6.62. The van der Waals surface area contributed by atoms with Crippen molar-refractivity contribution in [1.82, 2.24) is 0 Å². The van der Waals surface area contributed by atoms with E-state index in [2.05, 4.69) is 20.9 Å². The Morgan fingerprint density at radius 1 is 0.853 bits per heavy atom. The summed E-state index contributed by atoms with van der Waals surface area (Å²) in [5.41, 5.74) is 2.72. The second kappa shape index (κ2) is 11.7. The summed E-state index contributed by atoms with van der Waals surface area (Å²) >= 11 is 9.58. The van der Waals surface area contributed by atoms with E-state index >= 15 is 0 Å². The quantitative estimate of drug-likeness (QED) is 0.201. The summed E-state index contributed by atoms with van der Waals surface area (Å²) in [5.74, 6) is 2.86. The molecule has 0 spiro atoms. The van der Waals surface area contributed by atoms with Crippen molar-refractivity contribution in [1.29, 1.82) is 0 Å². The highest BCUT2D eigenvalue weighted by Crippen LogP contribution is 2.37. The molecule has 0 saturated carbocycles. The molecule has 0 N–H and O–H groups in total. The Morgan fingerprint density at radius 3 is 2.26 bits per heavy atom. The standard InChI is InChI=1S/C28H23BrClNO3/c1-2-32-27-17-21(16-26(29)28(27)33-19-20-8-10-22(30)11-9-20)18-31-23-12-14-25(15-13-23)34-24-6-4-3-5-7-24/h3-18H,2,19H2,1H3. The number of nitrogens with zero attached hydrogens (tertiary/aromatic N) is 1. The van der Waals surface area contributed by atoms with Gasteiger partial charge in [0.25, 0.3) is 0 Å². The minimum absolute atomic E-state index is 0.403. The van der Waals surface area contributed by atoms with Crippen LogP contribution in [0.4, 0.5) is 5.69 Å². The van der Waals surface area contributed by atoms with Crippen LogP contribution in [-0.2, 0) is 6.61 Å². The van der Waals surface area contributed by atoms with Gasteiger partial charge in [-0.15, -0.1) is 0 Å². The molecule has 0 bridgehead atoms. The second-order valence-corrected chi connectivity index (χ2v) is 8.64. The van der Waals surface area contributed by atoms with E-state index in [1.165, 1.54) is 0 Å². The fourth-order valence-corrected chi connectivity index (χ4v) is 3.88. The lowest BCUT2D eigenvalue weighted by atomic mass is 10.2. The summed E-state index contributed by atoms with van der Waals surface area (Å²) < 4.78 is 18.5. The monoisotopic (exact) mass is 535 g/mol. The fourth-order valence-electron chi connectivity index (χ4n) is 3.18. The molecule has 0 aliphatic heterocycles. The number of halogens is 2. The Kier molecular flexibility index (Phi) is 8.23. The summed E-state index contributed by atoms with van der Waals surface area (Å²) in [5, 5.41) is 0.696. The number of rotatable bonds is 9. The number of para-hydroxylation sites is 1. The van der Waals surface area contributed by atoms with Crippen LogP contribution in [0.15, 0.2) is 100 Å². The zero-order valence-electron chi connectivity index (χ0n) is 18.6. The van der Waals surface area contributed by atoms with E-state index in [1.807, 2.05) is 97.9 Å². The summed E-state index contributed by atoms with van der Waals surface area (Å²) in [7, 11) is 0. The maximum Gasteiger partial charge on any atom is 0.175 e. The van der Waals surface area contributed by atoms with Gasteiger partial charge in [-0.3, -0.25) is 4.99 Å². The first kappa shape index (κ1) is 23.9. The smallest absolute Gasteiger partial charge is 0.175 e. The van der Waals surface area contributed by atoms with Crippen LogP contribution in [0.25, 0.3) is 0 Å². The Bertz CT molecular complexity index is 1240. The molecule has 0 unspecified atom stereocenters. The van der Waals surface area contributed by atoms with Crippen molar-refractivity contribution in [2.45, 2.75) is 13.5 Å². The van der Waals surface area contributed by atoms with E-state index in [1.54, 1.807) is 6.21 Å². The van der Waals surface area contributed by atoms with Gasteiger partial charge in [-0.05, 0) is 94.6 Å². The van der Waals surface area contributed by atoms with Crippen LogP contribution >= 0.6 is 27.5 Å². The highest BCUT2D eigenvalue weighted by molar-refractivity contribution is 9.10. The minimum Gasteiger partial charge on any atom is -0.490 e. The number of benzene rings is 4. The van der Waals surface area contributed by atoms with Gasteiger partial charge in [0.05, 0.1) is 16.8 Å². The van der Waals surface area contributed by atoms with Gasteiger partial charge in [0.15, 0.2) is 11.5 Å². The molecule has 0 aromatic heterocycles. The number of hydrogen-bond donors (Lipinski definition) is 0. The van der Waals surface area contributed by atoms with Crippen molar-refractivity contribution >= 4 is 39.4 Å². The molecule has 6 heteroatoms. The molecule has 4 aromatic rings. The maximum absolute atomic E-state index is 6.05. The lowest BCUT2D eigenvalue weighted by molar-refractivity contribution is 0.267. The zero-order valence-corrected chi connectivity index (χ0v) is 20.9. The van der Waals surface area contributed by atoms with Crippen LogP contribution in [0.5, 0.6) is 23.0 Å². The SMILES string of the molecule is CCOc1cc(C=Nc2ccc(Oc3ccccc3)cc2)cc(Br)c1OCc1ccc(Cl)cc1. The third-order valence-electron chi connectivity index (χ3n) is 4.81. The van der Waals surface area contributed by atoms with Gasteiger partial charge < -0.3 is 14.2 Å². The first-order valence-corrected chi connectivity index (χ1v) is 12.0. The lowest BCUT2D eigenvalue weighted by Crippen LogP contribution is -2.01. The first-order chi connectivity index (χ1) is 16.6. The molecule has 0 radical (unpaired) electrons. The molecule has 172 valence electrons. The Balaban J connectivity index is 1.46. The van der Waals surface area contributed by atoms with Crippen molar-refractivity contribution in [3.05, 3.63) is 112 Å². The predicted molar refractivity (Wildman–Crippen MR) is 141 cm³/mol. The lowest BCUT2D eigenvalue weighted by Gasteiger charge is -2.14. The molecule has 0 atom stereocenters. The van der Waals surface area contributed by atoms with Gasteiger partial charge in [0.1, 0.15) is 18.1 Å². The highest BCUT2D eigenvalue weighted by Gasteiger charge is 2.12. The van der Waals surface area contributed by atoms with Gasteiger partial charge in [0.2, 0.25) is 0 Å². The molecule has 0 fully saturated rings. The van der Waals surface area contributed by atoms with Crippen LogP contribution < -0.4 is 14.2 Å². The van der Waals surface area contributed by atoms with Crippen molar-refractivity contribution in [2.75, 3.05) is 6.61 Å². The van der Waals surface area contributed by atoms with E-state index in [0.717, 1.165) is 32.8 Å². The average molecular weight is 537 g/mol. The van der Waals surface area contributed by atoms with Crippen LogP contribution in [0.3, 0.4) is 0 Å². The molecule has 34 heavy (non-hydrogen) atoms. The minimum atomic E-state index is 0.403. The second-order valence-electron chi connectivity index (χ2n) is 7.35. The summed E-state index contributed by atoms with van der Waals surface area (Å²) in [6.07, 6.45) is 1.79. The van der Waals surface area contributed by atoms with E-state index in [9.17, 15) is 0 Å². The van der Waals surface area contributed by atoms with E-state index in [4.69, 9.17) is 25.8 Å². The number of ether oxygens (including phenoxy) is 3. The Hall–Kier alpha value is -3.28. The molecule has 4 nitrogen and oxygen atoms in total. The fraction of sp³-hybridized carbons (Fsp3) is 0.107. The van der Waals surface area contributed by atoms with E-state index < -0.39 is 0 Å². The van der Waals surface area contributed by atoms with Crippen LogP contribution in [0.1, 0.15) is 18.1 Å². The molecule has 0 aliphatic carbocycles. The molecule has 0 saturated heterocycles. The van der Waals surface area contributed by atoms with Crippen LogP contribution in [0, 0.1) is 0 Å². The topological polar surface area (TPSA) is 40.0 Å². The number of aliphatic imine (C=N–C) groups is 1. The molecular formula is C28H23BrClNO3. The molecule has 0 heterocycles. The van der Waals surface area contributed by atoms with Crippen molar-refractivity contribution in [3.8, 4) is 23.0 Å². The van der Waals surface area contributed by atoms with Crippen LogP contribution in [0.2, 0.25) is 5.02 Å². The summed E-state index contributed by atoms with van der Waals surface area (Å²) in [6, 6.07) is 28.7. The Labute approximate surface area is 212 Å². The van der Waals surface area contributed by atoms with E-state index in [-0.39, 0.29) is 0 Å². The first-order valence-electron chi connectivity index (χ1n) is 10.8. The molecule has 4 aromatic carbocycles. The van der Waals surface area contributed by atoms with Gasteiger partial charge in [0, 0.05) is 11.2 Å².